The summed E-state index contributed by atoms with van der Waals surface area (Å²) in [6, 6.07) is 10.2. The predicted octanol–water partition coefficient (Wildman–Crippen LogP) is 4.29. The molecule has 0 saturated carbocycles. The minimum Gasteiger partial charge on any atom is -0.461 e. The van der Waals surface area contributed by atoms with E-state index in [2.05, 4.69) is 4.98 Å². The number of aromatic amines is 1. The summed E-state index contributed by atoms with van der Waals surface area (Å²) < 4.78 is 4.94. The summed E-state index contributed by atoms with van der Waals surface area (Å²) in [5, 5.41) is 1.42. The number of hydrogen-bond donors (Lipinski definition) is 1. The van der Waals surface area contributed by atoms with Gasteiger partial charge in [0, 0.05) is 16.0 Å². The molecule has 0 aliphatic carbocycles. The van der Waals surface area contributed by atoms with Crippen LogP contribution in [-0.4, -0.2) is 23.3 Å². The van der Waals surface area contributed by atoms with Crippen LogP contribution in [0.15, 0.2) is 36.4 Å². The monoisotopic (exact) mass is 333 g/mol. The Balaban J connectivity index is 1.89. The molecular formula is C16H12ClNO3S. The number of H-pyrrole nitrogens is 1. The van der Waals surface area contributed by atoms with Crippen LogP contribution in [0.1, 0.15) is 32.6 Å². The van der Waals surface area contributed by atoms with Gasteiger partial charge in [0.05, 0.1) is 11.5 Å². The van der Waals surface area contributed by atoms with Crippen LogP contribution < -0.4 is 0 Å². The van der Waals surface area contributed by atoms with Gasteiger partial charge in [0.1, 0.15) is 10.5 Å². The molecule has 1 N–H and O–H groups in total. The largest absolute Gasteiger partial charge is 0.461 e. The number of aromatic nitrogens is 1. The number of halogens is 1. The molecule has 2 aromatic heterocycles. The van der Waals surface area contributed by atoms with Crippen molar-refractivity contribution < 1.29 is 14.3 Å². The van der Waals surface area contributed by atoms with Gasteiger partial charge in [-0.1, -0.05) is 11.6 Å². The fourth-order valence-corrected chi connectivity index (χ4v) is 3.24. The Kier molecular flexibility index (Phi) is 4.00. The Morgan fingerprint density at radius 2 is 1.95 bits per heavy atom. The summed E-state index contributed by atoms with van der Waals surface area (Å²) in [6.07, 6.45) is 0. The van der Waals surface area contributed by atoms with Gasteiger partial charge >= 0.3 is 5.97 Å². The van der Waals surface area contributed by atoms with Crippen LogP contribution in [0.5, 0.6) is 0 Å². The molecule has 22 heavy (non-hydrogen) atoms. The summed E-state index contributed by atoms with van der Waals surface area (Å²) in [5.41, 5.74) is 0.979. The summed E-state index contributed by atoms with van der Waals surface area (Å²) in [5.74, 6) is -0.458. The molecule has 0 unspecified atom stereocenters. The third kappa shape index (κ3) is 2.77. The van der Waals surface area contributed by atoms with E-state index in [1.807, 2.05) is 0 Å². The van der Waals surface area contributed by atoms with Gasteiger partial charge in [-0.05, 0) is 43.3 Å². The topological polar surface area (TPSA) is 59.2 Å². The molecule has 6 heteroatoms. The molecule has 4 nitrogen and oxygen atoms in total. The summed E-state index contributed by atoms with van der Waals surface area (Å²) in [7, 11) is 0. The van der Waals surface area contributed by atoms with Crippen molar-refractivity contribution in [2.45, 2.75) is 6.92 Å². The lowest BCUT2D eigenvalue weighted by atomic mass is 10.1. The number of thiophene rings is 1. The second-order valence-electron chi connectivity index (χ2n) is 4.63. The number of rotatable bonds is 4. The molecule has 0 spiro atoms. The molecule has 0 atom stereocenters. The SMILES string of the molecule is CCOC(=O)c1cc2cc(C(=O)c3ccc(Cl)cc3)sc2[nH]1. The van der Waals surface area contributed by atoms with E-state index in [9.17, 15) is 9.59 Å². The third-order valence-electron chi connectivity index (χ3n) is 3.13. The Labute approximate surface area is 135 Å². The molecule has 0 fully saturated rings. The van der Waals surface area contributed by atoms with Gasteiger partial charge in [-0.25, -0.2) is 4.79 Å². The van der Waals surface area contributed by atoms with Crippen molar-refractivity contribution in [1.29, 1.82) is 0 Å². The van der Waals surface area contributed by atoms with Crippen molar-refractivity contribution in [2.75, 3.05) is 6.61 Å². The molecular weight excluding hydrogens is 322 g/mol. The molecule has 112 valence electrons. The maximum atomic E-state index is 12.4. The first-order valence-electron chi connectivity index (χ1n) is 6.68. The van der Waals surface area contributed by atoms with Crippen LogP contribution in [0.4, 0.5) is 0 Å². The number of carbonyl (C=O) groups is 2. The molecule has 1 aromatic carbocycles. The summed E-state index contributed by atoms with van der Waals surface area (Å²) >= 11 is 7.14. The van der Waals surface area contributed by atoms with Crippen LogP contribution >= 0.6 is 22.9 Å². The molecule has 0 amide bonds. The van der Waals surface area contributed by atoms with E-state index in [1.165, 1.54) is 11.3 Å². The highest BCUT2D eigenvalue weighted by Crippen LogP contribution is 2.28. The second kappa shape index (κ2) is 5.94. The predicted molar refractivity (Wildman–Crippen MR) is 87.0 cm³/mol. The highest BCUT2D eigenvalue weighted by Gasteiger charge is 2.16. The van der Waals surface area contributed by atoms with Crippen LogP contribution in [0.3, 0.4) is 0 Å². The van der Waals surface area contributed by atoms with E-state index in [0.29, 0.717) is 27.8 Å². The quantitative estimate of drug-likeness (QED) is 0.572. The first-order valence-corrected chi connectivity index (χ1v) is 7.88. The zero-order valence-electron chi connectivity index (χ0n) is 11.7. The van der Waals surface area contributed by atoms with Crippen molar-refractivity contribution in [1.82, 2.24) is 4.98 Å². The van der Waals surface area contributed by atoms with Gasteiger partial charge in [-0.15, -0.1) is 11.3 Å². The standard InChI is InChI=1S/C16H12ClNO3S/c1-2-21-16(20)12-7-10-8-13(22-15(10)18-12)14(19)9-3-5-11(17)6-4-9/h3-8,18H,2H2,1H3. The fraction of sp³-hybridized carbons (Fsp3) is 0.125. The van der Waals surface area contributed by atoms with Crippen LogP contribution in [0.2, 0.25) is 5.02 Å². The highest BCUT2D eigenvalue weighted by atomic mass is 35.5. The molecule has 0 saturated heterocycles. The van der Waals surface area contributed by atoms with E-state index in [-0.39, 0.29) is 5.78 Å². The molecule has 3 rings (SSSR count). The van der Waals surface area contributed by atoms with Crippen LogP contribution in [0.25, 0.3) is 10.2 Å². The lowest BCUT2D eigenvalue weighted by molar-refractivity contribution is 0.0520. The van der Waals surface area contributed by atoms with Gasteiger partial charge in [-0.2, -0.15) is 0 Å². The van der Waals surface area contributed by atoms with Crippen LogP contribution in [0, 0.1) is 0 Å². The number of fused-ring (bicyclic) bond motifs is 1. The Hall–Kier alpha value is -2.11. The summed E-state index contributed by atoms with van der Waals surface area (Å²) in [4.78, 5) is 28.4. The number of ketones is 1. The first kappa shape index (κ1) is 14.8. The van der Waals surface area contributed by atoms with Crippen molar-refractivity contribution >= 4 is 44.9 Å². The van der Waals surface area contributed by atoms with Crippen LogP contribution in [-0.2, 0) is 4.74 Å². The van der Waals surface area contributed by atoms with Gasteiger partial charge in [-0.3, -0.25) is 4.79 Å². The molecule has 3 aromatic rings. The maximum Gasteiger partial charge on any atom is 0.354 e. The summed E-state index contributed by atoms with van der Waals surface area (Å²) in [6.45, 7) is 2.08. The number of carbonyl (C=O) groups excluding carboxylic acids is 2. The normalized spacial score (nSPS) is 10.8. The number of esters is 1. The lowest BCUT2D eigenvalue weighted by Crippen LogP contribution is -2.04. The first-order chi connectivity index (χ1) is 10.6. The lowest BCUT2D eigenvalue weighted by Gasteiger charge is -1.98. The average Bonchev–Trinajstić information content (AvgIpc) is 3.06. The van der Waals surface area contributed by atoms with E-state index in [4.69, 9.17) is 16.3 Å². The molecule has 0 bridgehead atoms. The van der Waals surface area contributed by atoms with Crippen molar-refractivity contribution in [3.05, 3.63) is 57.6 Å². The van der Waals surface area contributed by atoms with Gasteiger partial charge in [0.25, 0.3) is 0 Å². The highest BCUT2D eigenvalue weighted by molar-refractivity contribution is 7.20. The molecule has 0 aliphatic rings. The minimum atomic E-state index is -0.392. The number of benzene rings is 1. The Morgan fingerprint density at radius 1 is 1.23 bits per heavy atom. The maximum absolute atomic E-state index is 12.4. The number of ether oxygens (including phenoxy) is 1. The van der Waals surface area contributed by atoms with Gasteiger partial charge in [0.15, 0.2) is 0 Å². The van der Waals surface area contributed by atoms with E-state index < -0.39 is 5.97 Å². The third-order valence-corrected chi connectivity index (χ3v) is 4.45. The van der Waals surface area contributed by atoms with Gasteiger partial charge < -0.3 is 9.72 Å². The van der Waals surface area contributed by atoms with Crippen molar-refractivity contribution in [3.8, 4) is 0 Å². The zero-order valence-corrected chi connectivity index (χ0v) is 13.3. The molecule has 0 aliphatic heterocycles. The van der Waals surface area contributed by atoms with E-state index in [1.54, 1.807) is 43.3 Å². The van der Waals surface area contributed by atoms with E-state index in [0.717, 1.165) is 10.2 Å². The van der Waals surface area contributed by atoms with Gasteiger partial charge in [0.2, 0.25) is 5.78 Å². The van der Waals surface area contributed by atoms with Crippen molar-refractivity contribution in [2.24, 2.45) is 0 Å². The van der Waals surface area contributed by atoms with Crippen molar-refractivity contribution in [3.63, 3.8) is 0 Å². The smallest absolute Gasteiger partial charge is 0.354 e. The Morgan fingerprint density at radius 3 is 2.59 bits per heavy atom. The average molecular weight is 334 g/mol. The second-order valence-corrected chi connectivity index (χ2v) is 6.12. The Bertz CT molecular complexity index is 817. The molecule has 2 heterocycles. The number of nitrogens with one attached hydrogen (secondary N) is 1. The van der Waals surface area contributed by atoms with E-state index >= 15 is 0 Å². The number of hydrogen-bond acceptors (Lipinski definition) is 4. The minimum absolute atomic E-state index is 0.0658. The fourth-order valence-electron chi connectivity index (χ4n) is 2.10. The molecule has 0 radical (unpaired) electrons. The zero-order chi connectivity index (χ0) is 15.7.